The Hall–Kier alpha value is -2.78. The molecule has 7 nitrogen and oxygen atoms in total. The molecule has 0 bridgehead atoms. The fraction of sp³-hybridized carbons (Fsp3) is 0.263. The Balaban J connectivity index is 1.60. The number of nitrogens with zero attached hydrogens (tertiary/aromatic N) is 1. The van der Waals surface area contributed by atoms with Crippen LogP contribution in [-0.4, -0.2) is 37.1 Å². The van der Waals surface area contributed by atoms with Crippen LogP contribution in [0, 0.1) is 5.82 Å². The number of amides is 2. The highest BCUT2D eigenvalue weighted by Gasteiger charge is 2.39. The molecule has 9 heteroatoms. The van der Waals surface area contributed by atoms with Gasteiger partial charge in [-0.05, 0) is 42.7 Å². The second-order valence-electron chi connectivity index (χ2n) is 6.43. The Morgan fingerprint density at radius 2 is 1.71 bits per heavy atom. The molecule has 1 saturated heterocycles. The van der Waals surface area contributed by atoms with E-state index in [2.05, 4.69) is 10.9 Å². The van der Waals surface area contributed by atoms with E-state index in [9.17, 15) is 22.4 Å². The van der Waals surface area contributed by atoms with E-state index in [1.165, 1.54) is 36.4 Å². The Labute approximate surface area is 162 Å². The molecule has 2 aromatic carbocycles. The first-order chi connectivity index (χ1) is 13.4. The summed E-state index contributed by atoms with van der Waals surface area (Å²) in [6.45, 7) is 0.235. The summed E-state index contributed by atoms with van der Waals surface area (Å²) < 4.78 is 39.6. The average molecular weight is 405 g/mol. The second-order valence-corrected chi connectivity index (χ2v) is 8.32. The molecule has 1 fully saturated rings. The predicted molar refractivity (Wildman–Crippen MR) is 99.7 cm³/mol. The fourth-order valence-corrected chi connectivity index (χ4v) is 4.74. The SMILES string of the molecule is O=C(Cc1ccc(F)cc1)NNC(=O)C1CCCN1S(=O)(=O)c1ccccc1. The minimum Gasteiger partial charge on any atom is -0.273 e. The Bertz CT molecular complexity index is 949. The largest absolute Gasteiger partial charge is 0.273 e. The molecule has 1 unspecified atom stereocenters. The van der Waals surface area contributed by atoms with Gasteiger partial charge >= 0.3 is 0 Å². The molecular formula is C19H20FN3O4S. The zero-order valence-corrected chi connectivity index (χ0v) is 15.8. The summed E-state index contributed by atoms with van der Waals surface area (Å²) in [6.07, 6.45) is 0.872. The van der Waals surface area contributed by atoms with Crippen molar-refractivity contribution >= 4 is 21.8 Å². The number of halogens is 1. The second kappa shape index (κ2) is 8.49. The molecule has 1 heterocycles. The standard InChI is InChI=1S/C19H20FN3O4S/c20-15-10-8-14(9-11-15)13-18(24)21-22-19(25)17-7-4-12-23(17)28(26,27)16-5-2-1-3-6-16/h1-3,5-6,8-11,17H,4,7,12-13H2,(H,21,24)(H,22,25). The summed E-state index contributed by atoms with van der Waals surface area (Å²) in [5.41, 5.74) is 5.16. The number of benzene rings is 2. The van der Waals surface area contributed by atoms with E-state index in [1.54, 1.807) is 18.2 Å². The Morgan fingerprint density at radius 3 is 2.39 bits per heavy atom. The molecule has 28 heavy (non-hydrogen) atoms. The van der Waals surface area contributed by atoms with Crippen LogP contribution in [0.5, 0.6) is 0 Å². The molecule has 1 aliphatic heterocycles. The molecule has 0 saturated carbocycles. The third-order valence-corrected chi connectivity index (χ3v) is 6.38. The molecule has 2 amide bonds. The van der Waals surface area contributed by atoms with Gasteiger partial charge in [0.2, 0.25) is 15.9 Å². The number of carbonyl (C=O) groups is 2. The van der Waals surface area contributed by atoms with E-state index in [-0.39, 0.29) is 17.9 Å². The van der Waals surface area contributed by atoms with Crippen LogP contribution in [0.15, 0.2) is 59.5 Å². The van der Waals surface area contributed by atoms with Gasteiger partial charge in [0.25, 0.3) is 5.91 Å². The summed E-state index contributed by atoms with van der Waals surface area (Å²) in [5, 5.41) is 0. The first-order valence-electron chi connectivity index (χ1n) is 8.78. The van der Waals surface area contributed by atoms with Gasteiger partial charge in [-0.3, -0.25) is 20.4 Å². The van der Waals surface area contributed by atoms with E-state index in [0.29, 0.717) is 18.4 Å². The Morgan fingerprint density at radius 1 is 1.04 bits per heavy atom. The number of hydrogen-bond donors (Lipinski definition) is 2. The molecule has 2 N–H and O–H groups in total. The first kappa shape index (κ1) is 20.0. The molecule has 3 rings (SSSR count). The van der Waals surface area contributed by atoms with Crippen LogP contribution in [0.25, 0.3) is 0 Å². The topological polar surface area (TPSA) is 95.6 Å². The smallest absolute Gasteiger partial charge is 0.256 e. The van der Waals surface area contributed by atoms with Crippen molar-refractivity contribution in [3.8, 4) is 0 Å². The molecule has 0 spiro atoms. The maximum absolute atomic E-state index is 12.9. The number of hydrogen-bond acceptors (Lipinski definition) is 4. The van der Waals surface area contributed by atoms with Crippen molar-refractivity contribution in [3.63, 3.8) is 0 Å². The fourth-order valence-electron chi connectivity index (χ4n) is 3.06. The van der Waals surface area contributed by atoms with Crippen LogP contribution in [0.3, 0.4) is 0 Å². The summed E-state index contributed by atoms with van der Waals surface area (Å²) >= 11 is 0. The monoisotopic (exact) mass is 405 g/mol. The molecule has 2 aromatic rings. The van der Waals surface area contributed by atoms with E-state index >= 15 is 0 Å². The molecule has 148 valence electrons. The predicted octanol–water partition coefficient (Wildman–Crippen LogP) is 1.37. The quantitative estimate of drug-likeness (QED) is 0.735. The average Bonchev–Trinajstić information content (AvgIpc) is 3.19. The van der Waals surface area contributed by atoms with E-state index < -0.39 is 33.7 Å². The normalized spacial score (nSPS) is 17.2. The van der Waals surface area contributed by atoms with Crippen molar-refractivity contribution < 1.29 is 22.4 Å². The molecule has 0 radical (unpaired) electrons. The third kappa shape index (κ3) is 4.55. The third-order valence-electron chi connectivity index (χ3n) is 4.46. The van der Waals surface area contributed by atoms with Gasteiger partial charge in [-0.2, -0.15) is 4.31 Å². The van der Waals surface area contributed by atoms with Crippen LogP contribution in [0.1, 0.15) is 18.4 Å². The first-order valence-corrected chi connectivity index (χ1v) is 10.2. The molecule has 1 atom stereocenters. The van der Waals surface area contributed by atoms with Gasteiger partial charge in [0.15, 0.2) is 0 Å². The van der Waals surface area contributed by atoms with E-state index in [0.717, 1.165) is 4.31 Å². The molecule has 0 aliphatic carbocycles. The van der Waals surface area contributed by atoms with Crippen molar-refractivity contribution in [2.75, 3.05) is 6.54 Å². The number of hydrazine groups is 1. The van der Waals surface area contributed by atoms with Crippen LogP contribution in [0.2, 0.25) is 0 Å². The molecular weight excluding hydrogens is 385 g/mol. The van der Waals surface area contributed by atoms with Crippen molar-refractivity contribution in [2.24, 2.45) is 0 Å². The summed E-state index contributed by atoms with van der Waals surface area (Å²) in [7, 11) is -3.80. The molecule has 1 aliphatic rings. The minimum atomic E-state index is -3.80. The van der Waals surface area contributed by atoms with Crippen LogP contribution in [0.4, 0.5) is 4.39 Å². The van der Waals surface area contributed by atoms with E-state index in [4.69, 9.17) is 0 Å². The van der Waals surface area contributed by atoms with Crippen LogP contribution < -0.4 is 10.9 Å². The lowest BCUT2D eigenvalue weighted by atomic mass is 10.1. The highest BCUT2D eigenvalue weighted by atomic mass is 32.2. The maximum atomic E-state index is 12.9. The van der Waals surface area contributed by atoms with Crippen molar-refractivity contribution in [1.82, 2.24) is 15.2 Å². The minimum absolute atomic E-state index is 0.0444. The van der Waals surface area contributed by atoms with E-state index in [1.807, 2.05) is 0 Å². The number of carbonyl (C=O) groups excluding carboxylic acids is 2. The van der Waals surface area contributed by atoms with Gasteiger partial charge in [0, 0.05) is 6.54 Å². The summed E-state index contributed by atoms with van der Waals surface area (Å²) in [4.78, 5) is 24.5. The van der Waals surface area contributed by atoms with Crippen LogP contribution >= 0.6 is 0 Å². The van der Waals surface area contributed by atoms with Gasteiger partial charge in [0.05, 0.1) is 11.3 Å². The van der Waals surface area contributed by atoms with Crippen LogP contribution in [-0.2, 0) is 26.0 Å². The van der Waals surface area contributed by atoms with Crippen molar-refractivity contribution in [2.45, 2.75) is 30.2 Å². The lowest BCUT2D eigenvalue weighted by Gasteiger charge is -2.23. The highest BCUT2D eigenvalue weighted by Crippen LogP contribution is 2.25. The number of rotatable bonds is 5. The lowest BCUT2D eigenvalue weighted by Crippen LogP contribution is -2.51. The van der Waals surface area contributed by atoms with Gasteiger partial charge in [0.1, 0.15) is 11.9 Å². The van der Waals surface area contributed by atoms with Crippen molar-refractivity contribution in [1.29, 1.82) is 0 Å². The number of nitrogens with one attached hydrogen (secondary N) is 2. The summed E-state index contributed by atoms with van der Waals surface area (Å²) in [5.74, 6) is -1.49. The maximum Gasteiger partial charge on any atom is 0.256 e. The molecule has 0 aromatic heterocycles. The highest BCUT2D eigenvalue weighted by molar-refractivity contribution is 7.89. The Kier molecular flexibility index (Phi) is 6.05. The zero-order chi connectivity index (χ0) is 20.1. The zero-order valence-electron chi connectivity index (χ0n) is 15.0. The number of sulfonamides is 1. The van der Waals surface area contributed by atoms with Gasteiger partial charge in [-0.25, -0.2) is 12.8 Å². The summed E-state index contributed by atoms with van der Waals surface area (Å²) in [6, 6.07) is 12.4. The van der Waals surface area contributed by atoms with Gasteiger partial charge < -0.3 is 0 Å². The van der Waals surface area contributed by atoms with Gasteiger partial charge in [-0.15, -0.1) is 0 Å². The van der Waals surface area contributed by atoms with Crippen molar-refractivity contribution in [3.05, 3.63) is 66.0 Å². The van der Waals surface area contributed by atoms with Gasteiger partial charge in [-0.1, -0.05) is 30.3 Å². The lowest BCUT2D eigenvalue weighted by molar-refractivity contribution is -0.130.